The molecule has 3 aromatic carbocycles. The highest BCUT2D eigenvalue weighted by Crippen LogP contribution is 2.23. The zero-order valence-electron chi connectivity index (χ0n) is 14.2. The van der Waals surface area contributed by atoms with Gasteiger partial charge in [-0.3, -0.25) is 9.89 Å². The van der Waals surface area contributed by atoms with Crippen LogP contribution in [0.3, 0.4) is 0 Å². The van der Waals surface area contributed by atoms with E-state index in [1.807, 2.05) is 42.5 Å². The largest absolute Gasteiger partial charge is 0.289 e. The first-order valence-corrected chi connectivity index (χ1v) is 8.32. The Morgan fingerprint density at radius 2 is 1.78 bits per heavy atom. The van der Waals surface area contributed by atoms with Crippen molar-refractivity contribution < 1.29 is 9.18 Å². The average Bonchev–Trinajstić information content (AvgIpc) is 3.19. The van der Waals surface area contributed by atoms with Crippen molar-refractivity contribution in [1.82, 2.24) is 15.6 Å². The maximum absolute atomic E-state index is 12.9. The van der Waals surface area contributed by atoms with Gasteiger partial charge in [-0.05, 0) is 40.6 Å². The number of benzene rings is 3. The Morgan fingerprint density at radius 1 is 1.00 bits per heavy atom. The van der Waals surface area contributed by atoms with E-state index < -0.39 is 5.91 Å². The van der Waals surface area contributed by atoms with Gasteiger partial charge in [0.05, 0.1) is 11.9 Å². The normalized spacial score (nSPS) is 11.1. The van der Waals surface area contributed by atoms with Crippen LogP contribution in [0.2, 0.25) is 0 Å². The van der Waals surface area contributed by atoms with Crippen molar-refractivity contribution >= 4 is 22.9 Å². The number of carbonyl (C=O) groups excluding carboxylic acids is 1. The standard InChI is InChI=1S/C21H15FN4O/c22-18-9-5-14(6-10-18)13-23-26-21(27)20-12-19(24-25-20)17-8-7-15-3-1-2-4-16(15)11-17/h1-13H,(H,24,25)(H,26,27)/b23-13-. The van der Waals surface area contributed by atoms with E-state index in [0.717, 1.165) is 16.3 Å². The van der Waals surface area contributed by atoms with Crippen molar-refractivity contribution in [2.75, 3.05) is 0 Å². The van der Waals surface area contributed by atoms with E-state index in [9.17, 15) is 9.18 Å². The number of halogens is 1. The van der Waals surface area contributed by atoms with Gasteiger partial charge in [0.25, 0.3) is 5.91 Å². The van der Waals surface area contributed by atoms with Gasteiger partial charge >= 0.3 is 0 Å². The monoisotopic (exact) mass is 358 g/mol. The zero-order valence-corrected chi connectivity index (χ0v) is 14.2. The van der Waals surface area contributed by atoms with Crippen LogP contribution in [-0.2, 0) is 0 Å². The molecule has 0 aliphatic rings. The molecule has 0 saturated heterocycles. The maximum Gasteiger partial charge on any atom is 0.289 e. The quantitative estimate of drug-likeness (QED) is 0.425. The minimum atomic E-state index is -0.409. The summed E-state index contributed by atoms with van der Waals surface area (Å²) in [7, 11) is 0. The summed E-state index contributed by atoms with van der Waals surface area (Å²) in [4.78, 5) is 12.2. The molecule has 0 radical (unpaired) electrons. The molecule has 27 heavy (non-hydrogen) atoms. The number of aromatic amines is 1. The highest BCUT2D eigenvalue weighted by Gasteiger charge is 2.10. The molecule has 6 heteroatoms. The molecule has 0 unspecified atom stereocenters. The van der Waals surface area contributed by atoms with Crippen LogP contribution in [0.15, 0.2) is 77.9 Å². The molecule has 1 heterocycles. The Hall–Kier alpha value is -3.80. The van der Waals surface area contributed by atoms with Gasteiger partial charge in [-0.2, -0.15) is 10.2 Å². The van der Waals surface area contributed by atoms with Crippen molar-refractivity contribution in [3.05, 3.63) is 89.9 Å². The van der Waals surface area contributed by atoms with Crippen LogP contribution >= 0.6 is 0 Å². The van der Waals surface area contributed by atoms with Gasteiger partial charge in [-0.25, -0.2) is 9.82 Å². The van der Waals surface area contributed by atoms with Crippen LogP contribution in [0.5, 0.6) is 0 Å². The number of carbonyl (C=O) groups is 1. The number of hydrogen-bond donors (Lipinski definition) is 2. The van der Waals surface area contributed by atoms with Crippen LogP contribution in [0.4, 0.5) is 4.39 Å². The summed E-state index contributed by atoms with van der Waals surface area (Å²) < 4.78 is 12.9. The number of rotatable bonds is 4. The van der Waals surface area contributed by atoms with Gasteiger partial charge in [0.15, 0.2) is 0 Å². The van der Waals surface area contributed by atoms with Crippen molar-refractivity contribution in [3.63, 3.8) is 0 Å². The minimum Gasteiger partial charge on any atom is -0.272 e. The fourth-order valence-electron chi connectivity index (χ4n) is 2.71. The number of aromatic nitrogens is 2. The molecule has 0 saturated carbocycles. The summed E-state index contributed by atoms with van der Waals surface area (Å²) in [6.07, 6.45) is 1.44. The topological polar surface area (TPSA) is 70.1 Å². The molecule has 2 N–H and O–H groups in total. The average molecular weight is 358 g/mol. The molecule has 0 bridgehead atoms. The number of nitrogens with one attached hydrogen (secondary N) is 2. The number of fused-ring (bicyclic) bond motifs is 1. The molecular weight excluding hydrogens is 343 g/mol. The summed E-state index contributed by atoms with van der Waals surface area (Å²) in [5, 5.41) is 13.1. The highest BCUT2D eigenvalue weighted by atomic mass is 19.1. The van der Waals surface area contributed by atoms with E-state index in [-0.39, 0.29) is 5.82 Å². The molecule has 132 valence electrons. The van der Waals surface area contributed by atoms with E-state index in [2.05, 4.69) is 20.7 Å². The van der Waals surface area contributed by atoms with Gasteiger partial charge in [0.1, 0.15) is 11.5 Å². The summed E-state index contributed by atoms with van der Waals surface area (Å²) in [5.41, 5.74) is 4.99. The SMILES string of the molecule is O=C(N/N=C\c1ccc(F)cc1)c1cc(-c2ccc3ccccc3c2)n[nH]1. The Kier molecular flexibility index (Phi) is 4.45. The fourth-order valence-corrected chi connectivity index (χ4v) is 2.71. The lowest BCUT2D eigenvalue weighted by atomic mass is 10.1. The molecule has 0 spiro atoms. The Bertz CT molecular complexity index is 1130. The Labute approximate surface area is 154 Å². The second-order valence-corrected chi connectivity index (χ2v) is 5.98. The molecule has 5 nitrogen and oxygen atoms in total. The minimum absolute atomic E-state index is 0.300. The lowest BCUT2D eigenvalue weighted by molar-refractivity contribution is 0.0950. The predicted molar refractivity (Wildman–Crippen MR) is 103 cm³/mol. The third kappa shape index (κ3) is 3.74. The molecule has 4 aromatic rings. The van der Waals surface area contributed by atoms with E-state index >= 15 is 0 Å². The lowest BCUT2D eigenvalue weighted by Crippen LogP contribution is -2.17. The van der Waals surface area contributed by atoms with Gasteiger partial charge in [-0.1, -0.05) is 48.5 Å². The smallest absolute Gasteiger partial charge is 0.272 e. The van der Waals surface area contributed by atoms with E-state index in [1.54, 1.807) is 18.2 Å². The second kappa shape index (κ2) is 7.21. The summed E-state index contributed by atoms with van der Waals surface area (Å²) in [6.45, 7) is 0. The number of hydrogen-bond acceptors (Lipinski definition) is 3. The summed E-state index contributed by atoms with van der Waals surface area (Å²) in [5.74, 6) is -0.734. The van der Waals surface area contributed by atoms with Gasteiger partial charge < -0.3 is 0 Å². The molecule has 0 aliphatic heterocycles. The lowest BCUT2D eigenvalue weighted by Gasteiger charge is -2.00. The molecule has 0 fully saturated rings. The molecule has 0 atom stereocenters. The van der Waals surface area contributed by atoms with Gasteiger partial charge in [0, 0.05) is 5.56 Å². The molecular formula is C21H15FN4O. The van der Waals surface area contributed by atoms with Crippen LogP contribution in [0.1, 0.15) is 16.1 Å². The Balaban J connectivity index is 1.47. The zero-order chi connectivity index (χ0) is 18.6. The van der Waals surface area contributed by atoms with Crippen molar-refractivity contribution in [1.29, 1.82) is 0 Å². The third-order valence-corrected chi connectivity index (χ3v) is 4.12. The fraction of sp³-hybridized carbons (Fsp3) is 0. The number of hydrazone groups is 1. The number of amides is 1. The van der Waals surface area contributed by atoms with Crippen LogP contribution in [-0.4, -0.2) is 22.3 Å². The molecule has 4 rings (SSSR count). The van der Waals surface area contributed by atoms with Crippen LogP contribution in [0, 0.1) is 5.82 Å². The predicted octanol–water partition coefficient (Wildman–Crippen LogP) is 4.13. The maximum atomic E-state index is 12.9. The van der Waals surface area contributed by atoms with E-state index in [0.29, 0.717) is 17.0 Å². The first-order valence-electron chi connectivity index (χ1n) is 8.32. The van der Waals surface area contributed by atoms with Gasteiger partial charge in [-0.15, -0.1) is 0 Å². The molecule has 1 amide bonds. The molecule has 0 aliphatic carbocycles. The summed E-state index contributed by atoms with van der Waals surface area (Å²) >= 11 is 0. The first kappa shape index (κ1) is 16.7. The molecule has 1 aromatic heterocycles. The van der Waals surface area contributed by atoms with Crippen molar-refractivity contribution in [3.8, 4) is 11.3 Å². The number of H-pyrrole nitrogens is 1. The van der Waals surface area contributed by atoms with Crippen molar-refractivity contribution in [2.24, 2.45) is 5.10 Å². The summed E-state index contributed by atoms with van der Waals surface area (Å²) in [6, 6.07) is 21.5. The third-order valence-electron chi connectivity index (χ3n) is 4.12. The van der Waals surface area contributed by atoms with E-state index in [4.69, 9.17) is 0 Å². The highest BCUT2D eigenvalue weighted by molar-refractivity contribution is 5.94. The van der Waals surface area contributed by atoms with E-state index in [1.165, 1.54) is 18.3 Å². The second-order valence-electron chi connectivity index (χ2n) is 5.98. The van der Waals surface area contributed by atoms with Crippen LogP contribution in [0.25, 0.3) is 22.0 Å². The van der Waals surface area contributed by atoms with Crippen LogP contribution < -0.4 is 5.43 Å². The number of nitrogens with zero attached hydrogens (tertiary/aromatic N) is 2. The first-order chi connectivity index (χ1) is 13.2. The Morgan fingerprint density at radius 3 is 2.59 bits per heavy atom. The van der Waals surface area contributed by atoms with Crippen molar-refractivity contribution in [2.45, 2.75) is 0 Å². The van der Waals surface area contributed by atoms with Gasteiger partial charge in [0.2, 0.25) is 0 Å².